The molecule has 3 heteroatoms. The number of benzene rings is 1. The van der Waals surface area contributed by atoms with Crippen molar-refractivity contribution in [3.63, 3.8) is 0 Å². The first-order chi connectivity index (χ1) is 6.65. The Morgan fingerprint density at radius 1 is 1.50 bits per heavy atom. The molecule has 0 radical (unpaired) electrons. The molecule has 1 aromatic rings. The van der Waals surface area contributed by atoms with Crippen LogP contribution in [0.5, 0.6) is 0 Å². The van der Waals surface area contributed by atoms with Gasteiger partial charge in [0.15, 0.2) is 0 Å². The molecule has 0 aromatic heterocycles. The average molecular weight is 192 g/mol. The zero-order chi connectivity index (χ0) is 10.2. The SMILES string of the molecule is C[C@@H]1C[N+]1(Cc1ccccc1)C(=O)O. The molecule has 1 amide bonds. The number of quaternary nitrogens is 1. The fourth-order valence-electron chi connectivity index (χ4n) is 1.89. The Morgan fingerprint density at radius 3 is 2.50 bits per heavy atom. The number of amides is 1. The molecule has 0 bridgehead atoms. The first-order valence-electron chi connectivity index (χ1n) is 4.79. The smallest absolute Gasteiger partial charge is 0.435 e. The first kappa shape index (κ1) is 9.21. The van der Waals surface area contributed by atoms with Gasteiger partial charge in [-0.1, -0.05) is 30.3 Å². The first-order valence-corrected chi connectivity index (χ1v) is 4.79. The summed E-state index contributed by atoms with van der Waals surface area (Å²) in [7, 11) is 0. The molecule has 1 N–H and O–H groups in total. The van der Waals surface area contributed by atoms with Crippen LogP contribution in [0.1, 0.15) is 12.5 Å². The second-order valence-electron chi connectivity index (χ2n) is 3.99. The summed E-state index contributed by atoms with van der Waals surface area (Å²) >= 11 is 0. The van der Waals surface area contributed by atoms with Crippen LogP contribution >= 0.6 is 0 Å². The molecular formula is C11H14NO2+. The normalized spacial score (nSPS) is 29.9. The van der Waals surface area contributed by atoms with Crippen LogP contribution in [0, 0.1) is 0 Å². The van der Waals surface area contributed by atoms with Crippen molar-refractivity contribution in [1.82, 2.24) is 0 Å². The Labute approximate surface area is 83.2 Å². The molecular weight excluding hydrogens is 178 g/mol. The van der Waals surface area contributed by atoms with E-state index in [9.17, 15) is 4.79 Å². The number of hydrogen-bond donors (Lipinski definition) is 1. The summed E-state index contributed by atoms with van der Waals surface area (Å²) in [6, 6.07) is 10.1. The van der Waals surface area contributed by atoms with Crippen molar-refractivity contribution in [2.45, 2.75) is 19.5 Å². The van der Waals surface area contributed by atoms with Crippen LogP contribution in [0.3, 0.4) is 0 Å². The molecule has 0 spiro atoms. The lowest BCUT2D eigenvalue weighted by Crippen LogP contribution is -2.33. The Hall–Kier alpha value is -1.35. The standard InChI is InChI=1S/C11H13NO2/c1-9-7-12(9,11(13)14)8-10-5-3-2-4-6-10/h2-6,9H,7-8H2,1H3/p+1/t9-,12?/m1/s1. The molecule has 1 saturated heterocycles. The molecule has 3 nitrogen and oxygen atoms in total. The van der Waals surface area contributed by atoms with E-state index >= 15 is 0 Å². The van der Waals surface area contributed by atoms with Crippen molar-refractivity contribution in [3.8, 4) is 0 Å². The van der Waals surface area contributed by atoms with E-state index in [-0.39, 0.29) is 10.5 Å². The molecule has 2 rings (SSSR count). The second kappa shape index (κ2) is 3.10. The van der Waals surface area contributed by atoms with Gasteiger partial charge in [-0.15, -0.1) is 0 Å². The van der Waals surface area contributed by atoms with Crippen molar-refractivity contribution >= 4 is 6.09 Å². The summed E-state index contributed by atoms with van der Waals surface area (Å²) < 4.78 is 0.198. The Balaban J connectivity index is 2.15. The van der Waals surface area contributed by atoms with E-state index in [1.165, 1.54) is 0 Å². The molecule has 0 aliphatic carbocycles. The Morgan fingerprint density at radius 2 is 2.07 bits per heavy atom. The quantitative estimate of drug-likeness (QED) is 0.575. The van der Waals surface area contributed by atoms with Crippen LogP contribution in [-0.4, -0.2) is 28.3 Å². The van der Waals surface area contributed by atoms with Gasteiger partial charge in [-0.05, 0) is 6.92 Å². The summed E-state index contributed by atoms with van der Waals surface area (Å²) in [6.07, 6.45) is -0.707. The maximum absolute atomic E-state index is 11.1. The number of nitrogens with zero attached hydrogens (tertiary/aromatic N) is 1. The van der Waals surface area contributed by atoms with Crippen LogP contribution in [0.25, 0.3) is 0 Å². The van der Waals surface area contributed by atoms with Gasteiger partial charge in [0, 0.05) is 5.56 Å². The van der Waals surface area contributed by atoms with E-state index in [0.29, 0.717) is 6.54 Å². The third-order valence-electron chi connectivity index (χ3n) is 2.99. The molecule has 1 aliphatic heterocycles. The lowest BCUT2D eigenvalue weighted by Gasteiger charge is -2.12. The van der Waals surface area contributed by atoms with Crippen molar-refractivity contribution in [2.24, 2.45) is 0 Å². The van der Waals surface area contributed by atoms with Gasteiger partial charge in [0.05, 0.1) is 0 Å². The van der Waals surface area contributed by atoms with Gasteiger partial charge in [0.25, 0.3) is 0 Å². The third-order valence-corrected chi connectivity index (χ3v) is 2.99. The fourth-order valence-corrected chi connectivity index (χ4v) is 1.89. The number of hydrogen-bond acceptors (Lipinski definition) is 1. The average Bonchev–Trinajstić information content (AvgIpc) is 2.80. The molecule has 74 valence electrons. The van der Waals surface area contributed by atoms with Gasteiger partial charge in [0.2, 0.25) is 0 Å². The molecule has 1 aromatic carbocycles. The number of carboxylic acid groups (broad SMARTS) is 1. The minimum Gasteiger partial charge on any atom is -0.435 e. The third kappa shape index (κ3) is 1.40. The Kier molecular flexibility index (Phi) is 2.04. The summed E-state index contributed by atoms with van der Waals surface area (Å²) in [6.45, 7) is 3.35. The summed E-state index contributed by atoms with van der Waals surface area (Å²) in [5.74, 6) is 0. The topological polar surface area (TPSA) is 37.3 Å². The monoisotopic (exact) mass is 192 g/mol. The van der Waals surface area contributed by atoms with Crippen molar-refractivity contribution in [1.29, 1.82) is 0 Å². The molecule has 1 fully saturated rings. The number of carbonyl (C=O) groups is 1. The molecule has 2 atom stereocenters. The van der Waals surface area contributed by atoms with Gasteiger partial charge in [-0.2, -0.15) is 4.79 Å². The molecule has 1 aliphatic rings. The highest BCUT2D eigenvalue weighted by molar-refractivity contribution is 5.59. The van der Waals surface area contributed by atoms with Crippen LogP contribution in [-0.2, 0) is 6.54 Å². The molecule has 14 heavy (non-hydrogen) atoms. The largest absolute Gasteiger partial charge is 0.514 e. The Bertz CT molecular complexity index is 350. The van der Waals surface area contributed by atoms with Crippen LogP contribution < -0.4 is 0 Å². The van der Waals surface area contributed by atoms with Gasteiger partial charge < -0.3 is 5.11 Å². The van der Waals surface area contributed by atoms with Crippen LogP contribution in [0.2, 0.25) is 0 Å². The van der Waals surface area contributed by atoms with E-state index in [0.717, 1.165) is 12.1 Å². The van der Waals surface area contributed by atoms with Crippen molar-refractivity contribution in [3.05, 3.63) is 35.9 Å². The predicted octanol–water partition coefficient (Wildman–Crippen LogP) is 2.08. The molecule has 1 unspecified atom stereocenters. The second-order valence-corrected chi connectivity index (χ2v) is 3.99. The summed E-state index contributed by atoms with van der Waals surface area (Å²) in [5, 5.41) is 9.11. The van der Waals surface area contributed by atoms with Crippen LogP contribution in [0.4, 0.5) is 4.79 Å². The minimum atomic E-state index is -0.707. The van der Waals surface area contributed by atoms with Gasteiger partial charge in [0.1, 0.15) is 19.1 Å². The van der Waals surface area contributed by atoms with Crippen molar-refractivity contribution < 1.29 is 14.4 Å². The van der Waals surface area contributed by atoms with Gasteiger partial charge in [-0.25, -0.2) is 4.48 Å². The lowest BCUT2D eigenvalue weighted by atomic mass is 10.2. The summed E-state index contributed by atoms with van der Waals surface area (Å²) in [5.41, 5.74) is 1.10. The van der Waals surface area contributed by atoms with E-state index in [4.69, 9.17) is 5.11 Å². The van der Waals surface area contributed by atoms with E-state index in [1.807, 2.05) is 37.3 Å². The van der Waals surface area contributed by atoms with Gasteiger partial charge >= 0.3 is 6.09 Å². The van der Waals surface area contributed by atoms with Crippen LogP contribution in [0.15, 0.2) is 30.3 Å². The maximum atomic E-state index is 11.1. The predicted molar refractivity (Wildman–Crippen MR) is 52.8 cm³/mol. The maximum Gasteiger partial charge on any atom is 0.514 e. The highest BCUT2D eigenvalue weighted by atomic mass is 16.4. The van der Waals surface area contributed by atoms with E-state index < -0.39 is 6.09 Å². The fraction of sp³-hybridized carbons (Fsp3) is 0.364. The zero-order valence-corrected chi connectivity index (χ0v) is 8.18. The molecule has 1 heterocycles. The van der Waals surface area contributed by atoms with Gasteiger partial charge in [-0.3, -0.25) is 0 Å². The highest BCUT2D eigenvalue weighted by Gasteiger charge is 2.58. The molecule has 0 saturated carbocycles. The van der Waals surface area contributed by atoms with E-state index in [2.05, 4.69) is 0 Å². The summed E-state index contributed by atoms with van der Waals surface area (Å²) in [4.78, 5) is 11.1. The number of rotatable bonds is 2. The lowest BCUT2D eigenvalue weighted by molar-refractivity contribution is -0.750. The highest BCUT2D eigenvalue weighted by Crippen LogP contribution is 2.33. The van der Waals surface area contributed by atoms with Crippen molar-refractivity contribution in [2.75, 3.05) is 6.54 Å². The minimum absolute atomic E-state index is 0.198. The van der Waals surface area contributed by atoms with E-state index in [1.54, 1.807) is 0 Å². The zero-order valence-electron chi connectivity index (χ0n) is 8.18.